The van der Waals surface area contributed by atoms with Crippen molar-refractivity contribution >= 4 is 5.78 Å². The summed E-state index contributed by atoms with van der Waals surface area (Å²) in [6, 6.07) is 5.13. The number of carbonyl (C=O) groups is 1. The molecule has 0 bridgehead atoms. The third-order valence-electron chi connectivity index (χ3n) is 1.92. The molecule has 0 spiro atoms. The highest BCUT2D eigenvalue weighted by molar-refractivity contribution is 5.91. The van der Waals surface area contributed by atoms with Crippen LogP contribution in [0.4, 0.5) is 13.2 Å². The van der Waals surface area contributed by atoms with E-state index in [2.05, 4.69) is 4.74 Å². The molecule has 0 saturated carbocycles. The largest absolute Gasteiger partial charge is 0.573 e. The van der Waals surface area contributed by atoms with Crippen molar-refractivity contribution in [2.45, 2.75) is 19.7 Å². The van der Waals surface area contributed by atoms with Gasteiger partial charge in [-0.3, -0.25) is 4.79 Å². The topological polar surface area (TPSA) is 52.3 Å². The normalized spacial score (nSPS) is 12.3. The number of hydrogen-bond acceptors (Lipinski definition) is 3. The molecule has 0 amide bonds. The molecule has 0 heterocycles. The zero-order valence-corrected chi connectivity index (χ0v) is 9.62. The lowest BCUT2D eigenvalue weighted by Crippen LogP contribution is -2.17. The van der Waals surface area contributed by atoms with Crippen molar-refractivity contribution < 1.29 is 22.7 Å². The molecule has 18 heavy (non-hydrogen) atoms. The molecule has 98 valence electrons. The van der Waals surface area contributed by atoms with E-state index in [1.54, 1.807) is 6.92 Å². The molecule has 3 nitrogen and oxygen atoms in total. The number of ketones is 1. The van der Waals surface area contributed by atoms with Gasteiger partial charge in [-0.1, -0.05) is 12.1 Å². The highest BCUT2D eigenvalue weighted by Crippen LogP contribution is 2.22. The van der Waals surface area contributed by atoms with Crippen molar-refractivity contribution in [3.05, 3.63) is 41.6 Å². The maximum Gasteiger partial charge on any atom is 0.573 e. The summed E-state index contributed by atoms with van der Waals surface area (Å²) < 4.78 is 39.4. The zero-order valence-electron chi connectivity index (χ0n) is 9.62. The van der Waals surface area contributed by atoms with Crippen LogP contribution in [0.2, 0.25) is 0 Å². The molecular weight excluding hydrogens is 247 g/mol. The lowest BCUT2D eigenvalue weighted by atomic mass is 10.1. The molecule has 6 heteroatoms. The van der Waals surface area contributed by atoms with E-state index in [0.29, 0.717) is 11.3 Å². The molecule has 1 aromatic rings. The van der Waals surface area contributed by atoms with E-state index in [1.807, 2.05) is 0 Å². The van der Waals surface area contributed by atoms with E-state index in [-0.39, 0.29) is 18.0 Å². The molecule has 1 rings (SSSR count). The number of hydrogen-bond donors (Lipinski definition) is 1. The Kier molecular flexibility index (Phi) is 4.36. The number of rotatable bonds is 4. The van der Waals surface area contributed by atoms with Crippen LogP contribution in [0.5, 0.6) is 5.75 Å². The summed E-state index contributed by atoms with van der Waals surface area (Å²) in [6.07, 6.45) is -3.35. The van der Waals surface area contributed by atoms with Crippen molar-refractivity contribution in [3.63, 3.8) is 0 Å². The second kappa shape index (κ2) is 5.57. The summed E-state index contributed by atoms with van der Waals surface area (Å²) in [5.41, 5.74) is 6.31. The number of alkyl halides is 3. The monoisotopic (exact) mass is 259 g/mol. The van der Waals surface area contributed by atoms with Gasteiger partial charge in [0.2, 0.25) is 0 Å². The fourth-order valence-corrected chi connectivity index (χ4v) is 1.32. The number of allylic oxidation sites excluding steroid dienone is 2. The fraction of sp³-hybridized carbons (Fsp3) is 0.250. The van der Waals surface area contributed by atoms with Crippen LogP contribution < -0.4 is 10.5 Å². The summed E-state index contributed by atoms with van der Waals surface area (Å²) in [5.74, 6) is -0.524. The quantitative estimate of drug-likeness (QED) is 0.845. The second-order valence-corrected chi connectivity index (χ2v) is 3.72. The highest BCUT2D eigenvalue weighted by Gasteiger charge is 2.30. The minimum Gasteiger partial charge on any atom is -0.406 e. The molecule has 1 aromatic carbocycles. The van der Waals surface area contributed by atoms with Crippen molar-refractivity contribution in [1.29, 1.82) is 0 Å². The average molecular weight is 259 g/mol. The number of ether oxygens (including phenoxy) is 1. The Morgan fingerprint density at radius 3 is 2.33 bits per heavy atom. The molecule has 0 unspecified atom stereocenters. The Bertz CT molecular complexity index is 445. The third kappa shape index (κ3) is 5.38. The van der Waals surface area contributed by atoms with Gasteiger partial charge in [-0.05, 0) is 30.7 Å². The van der Waals surface area contributed by atoms with Crippen LogP contribution in [0.1, 0.15) is 12.5 Å². The van der Waals surface area contributed by atoms with E-state index < -0.39 is 6.36 Å². The molecule has 0 saturated heterocycles. The van der Waals surface area contributed by atoms with E-state index in [0.717, 1.165) is 12.1 Å². The molecule has 2 N–H and O–H groups in total. The van der Waals surface area contributed by atoms with E-state index >= 15 is 0 Å². The summed E-state index contributed by atoms with van der Waals surface area (Å²) in [5, 5.41) is 0. The number of benzene rings is 1. The Balaban J connectivity index is 2.66. The first kappa shape index (κ1) is 14.1. The predicted molar refractivity (Wildman–Crippen MR) is 59.8 cm³/mol. The van der Waals surface area contributed by atoms with Crippen LogP contribution in [0, 0.1) is 0 Å². The van der Waals surface area contributed by atoms with Gasteiger partial charge in [0.1, 0.15) is 5.75 Å². The first-order chi connectivity index (χ1) is 8.26. The Labute approximate surface area is 102 Å². The summed E-state index contributed by atoms with van der Waals surface area (Å²) in [6.45, 7) is 1.58. The van der Waals surface area contributed by atoms with Gasteiger partial charge in [-0.25, -0.2) is 0 Å². The third-order valence-corrected chi connectivity index (χ3v) is 1.92. The van der Waals surface area contributed by atoms with Crippen LogP contribution in [0.15, 0.2) is 36.0 Å². The first-order valence-corrected chi connectivity index (χ1v) is 5.07. The summed E-state index contributed by atoms with van der Waals surface area (Å²) in [4.78, 5) is 11.4. The lowest BCUT2D eigenvalue weighted by Gasteiger charge is -2.08. The maximum absolute atomic E-state index is 11.9. The smallest absolute Gasteiger partial charge is 0.406 e. The van der Waals surface area contributed by atoms with E-state index in [4.69, 9.17) is 5.73 Å². The van der Waals surface area contributed by atoms with Gasteiger partial charge in [0.25, 0.3) is 0 Å². The first-order valence-electron chi connectivity index (χ1n) is 5.07. The van der Waals surface area contributed by atoms with Gasteiger partial charge >= 0.3 is 6.36 Å². The van der Waals surface area contributed by atoms with Crippen molar-refractivity contribution in [3.8, 4) is 5.75 Å². The molecular formula is C12H12F3NO2. The number of nitrogens with two attached hydrogens (primary N) is 1. The molecule has 0 aromatic heterocycles. The molecule has 0 fully saturated rings. The molecule has 0 radical (unpaired) electrons. The predicted octanol–water partition coefficient (Wildman–Crippen LogP) is 2.56. The highest BCUT2D eigenvalue weighted by atomic mass is 19.4. The number of halogens is 3. The maximum atomic E-state index is 11.9. The fourth-order valence-electron chi connectivity index (χ4n) is 1.32. The van der Waals surface area contributed by atoms with Crippen LogP contribution in [0.3, 0.4) is 0 Å². The van der Waals surface area contributed by atoms with Crippen molar-refractivity contribution in [2.75, 3.05) is 0 Å². The Morgan fingerprint density at radius 1 is 1.33 bits per heavy atom. The SMILES string of the molecule is C/C(N)=C/C(=O)Cc1ccc(OC(F)(F)F)cc1. The Hall–Kier alpha value is -1.98. The van der Waals surface area contributed by atoms with Crippen LogP contribution in [-0.4, -0.2) is 12.1 Å². The number of carbonyl (C=O) groups excluding carboxylic acids is 1. The second-order valence-electron chi connectivity index (χ2n) is 3.72. The summed E-state index contributed by atoms with van der Waals surface area (Å²) in [7, 11) is 0. The van der Waals surface area contributed by atoms with Gasteiger partial charge in [0, 0.05) is 12.1 Å². The lowest BCUT2D eigenvalue weighted by molar-refractivity contribution is -0.274. The molecule has 0 aliphatic rings. The van der Waals surface area contributed by atoms with Crippen molar-refractivity contribution in [2.24, 2.45) is 5.73 Å². The summed E-state index contributed by atoms with van der Waals surface area (Å²) >= 11 is 0. The van der Waals surface area contributed by atoms with Crippen LogP contribution in [0.25, 0.3) is 0 Å². The van der Waals surface area contributed by atoms with E-state index in [9.17, 15) is 18.0 Å². The Morgan fingerprint density at radius 2 is 1.89 bits per heavy atom. The van der Waals surface area contributed by atoms with Crippen LogP contribution in [-0.2, 0) is 11.2 Å². The van der Waals surface area contributed by atoms with Gasteiger partial charge in [0.05, 0.1) is 0 Å². The zero-order chi connectivity index (χ0) is 13.8. The van der Waals surface area contributed by atoms with Crippen molar-refractivity contribution in [1.82, 2.24) is 0 Å². The minimum atomic E-state index is -4.71. The van der Waals surface area contributed by atoms with Crippen LogP contribution >= 0.6 is 0 Å². The molecule has 0 aliphatic carbocycles. The van der Waals surface area contributed by atoms with Gasteiger partial charge in [0.15, 0.2) is 5.78 Å². The van der Waals surface area contributed by atoms with E-state index in [1.165, 1.54) is 18.2 Å². The average Bonchev–Trinajstić information content (AvgIpc) is 2.17. The minimum absolute atomic E-state index is 0.0842. The van der Waals surface area contributed by atoms with Gasteiger partial charge in [-0.15, -0.1) is 13.2 Å². The standard InChI is InChI=1S/C12H12F3NO2/c1-8(16)6-10(17)7-9-2-4-11(5-3-9)18-12(13,14)15/h2-6H,7,16H2,1H3/b8-6-. The molecule has 0 aliphatic heterocycles. The molecule has 0 atom stereocenters. The van der Waals surface area contributed by atoms with Gasteiger partial charge < -0.3 is 10.5 Å². The van der Waals surface area contributed by atoms with Gasteiger partial charge in [-0.2, -0.15) is 0 Å².